The van der Waals surface area contributed by atoms with Crippen molar-refractivity contribution in [3.63, 3.8) is 0 Å². The molecule has 2 unspecified atom stereocenters. The van der Waals surface area contributed by atoms with Crippen LogP contribution in [0, 0.1) is 5.92 Å². The number of rotatable bonds is 1. The topological polar surface area (TPSA) is 85.2 Å². The van der Waals surface area contributed by atoms with E-state index in [1.165, 1.54) is 0 Å². The summed E-state index contributed by atoms with van der Waals surface area (Å²) in [6, 6.07) is 0.215. The lowest BCUT2D eigenvalue weighted by molar-refractivity contribution is 0.0578. The minimum atomic E-state index is -0.182. The number of aromatic nitrogens is 2. The Bertz CT molecular complexity index is 390. The van der Waals surface area contributed by atoms with E-state index in [-0.39, 0.29) is 23.5 Å². The van der Waals surface area contributed by atoms with Crippen LogP contribution in [-0.4, -0.2) is 33.7 Å². The number of hydrogen-bond donors (Lipinski definition) is 1. The van der Waals surface area contributed by atoms with Crippen molar-refractivity contribution in [3.8, 4) is 0 Å². The number of nitrogens with two attached hydrogens (primary N) is 1. The first kappa shape index (κ1) is 10.9. The van der Waals surface area contributed by atoms with Gasteiger partial charge in [0.2, 0.25) is 11.5 Å². The van der Waals surface area contributed by atoms with Crippen molar-refractivity contribution in [1.82, 2.24) is 15.2 Å². The maximum Gasteiger partial charge on any atom is 0.280 e. The molecule has 2 heterocycles. The van der Waals surface area contributed by atoms with E-state index >= 15 is 0 Å². The Hall–Kier alpha value is -1.59. The van der Waals surface area contributed by atoms with Crippen molar-refractivity contribution in [3.05, 3.63) is 5.69 Å². The molecule has 1 amide bonds. The molecule has 2 N–H and O–H groups in total. The summed E-state index contributed by atoms with van der Waals surface area (Å²) in [5, 5.41) is 6.96. The lowest BCUT2D eigenvalue weighted by Crippen LogP contribution is -2.44. The number of carbonyl (C=O) groups excluding carboxylic acids is 1. The Labute approximate surface area is 93.7 Å². The van der Waals surface area contributed by atoms with Gasteiger partial charge in [-0.3, -0.25) is 4.79 Å². The zero-order valence-electron chi connectivity index (χ0n) is 9.51. The second kappa shape index (κ2) is 4.11. The van der Waals surface area contributed by atoms with Gasteiger partial charge in [-0.2, -0.15) is 0 Å². The molecule has 0 radical (unpaired) electrons. The van der Waals surface area contributed by atoms with Crippen LogP contribution < -0.4 is 5.73 Å². The maximum atomic E-state index is 12.1. The molecule has 1 aromatic rings. The number of nitrogens with zero attached hydrogens (tertiary/aromatic N) is 3. The van der Waals surface area contributed by atoms with Gasteiger partial charge in [-0.05, 0) is 36.0 Å². The number of nitrogen functional groups attached to an aromatic ring is 1. The fraction of sp³-hybridized carbons (Fsp3) is 0.700. The molecule has 2 rings (SSSR count). The van der Waals surface area contributed by atoms with E-state index in [4.69, 9.17) is 5.73 Å². The summed E-state index contributed by atoms with van der Waals surface area (Å²) in [5.74, 6) is 0.542. The van der Waals surface area contributed by atoms with Gasteiger partial charge in [0.1, 0.15) is 0 Å². The minimum Gasteiger partial charge on any atom is -0.379 e. The van der Waals surface area contributed by atoms with Crippen LogP contribution in [0.2, 0.25) is 0 Å². The van der Waals surface area contributed by atoms with E-state index in [1.807, 2.05) is 6.92 Å². The molecule has 2 atom stereocenters. The van der Waals surface area contributed by atoms with Crippen molar-refractivity contribution in [1.29, 1.82) is 0 Å². The van der Waals surface area contributed by atoms with E-state index in [0.717, 1.165) is 19.4 Å². The van der Waals surface area contributed by atoms with Crippen molar-refractivity contribution in [2.24, 2.45) is 5.92 Å². The summed E-state index contributed by atoms with van der Waals surface area (Å²) in [6.45, 7) is 4.98. The van der Waals surface area contributed by atoms with E-state index in [2.05, 4.69) is 21.9 Å². The molecule has 16 heavy (non-hydrogen) atoms. The molecular weight excluding hydrogens is 208 g/mol. The first-order chi connectivity index (χ1) is 7.59. The Morgan fingerprint density at radius 3 is 2.81 bits per heavy atom. The zero-order chi connectivity index (χ0) is 11.7. The first-order valence-electron chi connectivity index (χ1n) is 5.48. The molecule has 1 saturated heterocycles. The Kier molecular flexibility index (Phi) is 2.80. The normalized spacial score (nSPS) is 25.8. The smallest absolute Gasteiger partial charge is 0.280 e. The SMILES string of the molecule is CC1CCN(C(=O)c2nonc2N)C(C)C1. The largest absolute Gasteiger partial charge is 0.379 e. The molecular formula is C10H16N4O2. The van der Waals surface area contributed by atoms with Crippen molar-refractivity contribution in [2.75, 3.05) is 12.3 Å². The molecule has 1 fully saturated rings. The molecule has 0 spiro atoms. The van der Waals surface area contributed by atoms with Gasteiger partial charge >= 0.3 is 0 Å². The number of carbonyl (C=O) groups is 1. The number of likely N-dealkylation sites (tertiary alicyclic amines) is 1. The minimum absolute atomic E-state index is 0.0656. The Morgan fingerprint density at radius 2 is 2.25 bits per heavy atom. The van der Waals surface area contributed by atoms with Gasteiger partial charge in [-0.1, -0.05) is 6.92 Å². The summed E-state index contributed by atoms with van der Waals surface area (Å²) < 4.78 is 4.44. The van der Waals surface area contributed by atoms with E-state index in [0.29, 0.717) is 5.92 Å². The van der Waals surface area contributed by atoms with Crippen LogP contribution >= 0.6 is 0 Å². The van der Waals surface area contributed by atoms with E-state index in [1.54, 1.807) is 4.90 Å². The van der Waals surface area contributed by atoms with Crippen LogP contribution in [0.4, 0.5) is 5.82 Å². The van der Waals surface area contributed by atoms with Crippen LogP contribution in [0.15, 0.2) is 4.63 Å². The Morgan fingerprint density at radius 1 is 1.50 bits per heavy atom. The standard InChI is InChI=1S/C10H16N4O2/c1-6-3-4-14(7(2)5-6)10(15)8-9(11)13-16-12-8/h6-7H,3-5H2,1-2H3,(H2,11,13). The van der Waals surface area contributed by atoms with Gasteiger partial charge in [-0.15, -0.1) is 0 Å². The van der Waals surface area contributed by atoms with Gasteiger partial charge in [0.05, 0.1) is 0 Å². The maximum absolute atomic E-state index is 12.1. The molecule has 1 aliphatic rings. The molecule has 0 bridgehead atoms. The number of piperidine rings is 1. The first-order valence-corrected chi connectivity index (χ1v) is 5.48. The average molecular weight is 224 g/mol. The van der Waals surface area contributed by atoms with Crippen LogP contribution in [-0.2, 0) is 0 Å². The molecule has 1 aromatic heterocycles. The van der Waals surface area contributed by atoms with Crippen LogP contribution in [0.3, 0.4) is 0 Å². The summed E-state index contributed by atoms with van der Waals surface area (Å²) in [4.78, 5) is 13.9. The highest BCUT2D eigenvalue weighted by Gasteiger charge is 2.30. The van der Waals surface area contributed by atoms with Crippen LogP contribution in [0.5, 0.6) is 0 Å². The molecule has 0 saturated carbocycles. The summed E-state index contributed by atoms with van der Waals surface area (Å²) in [6.07, 6.45) is 2.03. The highest BCUT2D eigenvalue weighted by Crippen LogP contribution is 2.24. The molecule has 6 nitrogen and oxygen atoms in total. The van der Waals surface area contributed by atoms with Gasteiger partial charge in [0.25, 0.3) is 5.91 Å². The second-order valence-electron chi connectivity index (χ2n) is 4.48. The molecule has 6 heteroatoms. The third-order valence-electron chi connectivity index (χ3n) is 3.12. The molecule has 0 aromatic carbocycles. The van der Waals surface area contributed by atoms with Crippen molar-refractivity contribution < 1.29 is 9.42 Å². The highest BCUT2D eigenvalue weighted by molar-refractivity contribution is 5.96. The molecule has 1 aliphatic heterocycles. The molecule has 88 valence electrons. The fourth-order valence-corrected chi connectivity index (χ4v) is 2.19. The number of hydrogen-bond acceptors (Lipinski definition) is 5. The zero-order valence-corrected chi connectivity index (χ0v) is 9.51. The van der Waals surface area contributed by atoms with Crippen LogP contribution in [0.1, 0.15) is 37.2 Å². The quantitative estimate of drug-likeness (QED) is 0.766. The lowest BCUT2D eigenvalue weighted by atomic mass is 9.93. The van der Waals surface area contributed by atoms with Gasteiger partial charge in [0, 0.05) is 12.6 Å². The third kappa shape index (κ3) is 1.87. The fourth-order valence-electron chi connectivity index (χ4n) is 2.19. The highest BCUT2D eigenvalue weighted by atomic mass is 16.6. The van der Waals surface area contributed by atoms with Crippen molar-refractivity contribution >= 4 is 11.7 Å². The van der Waals surface area contributed by atoms with Gasteiger partial charge < -0.3 is 10.6 Å². The number of anilines is 1. The van der Waals surface area contributed by atoms with Gasteiger partial charge in [0.15, 0.2) is 0 Å². The molecule has 0 aliphatic carbocycles. The van der Waals surface area contributed by atoms with Crippen molar-refractivity contribution in [2.45, 2.75) is 32.7 Å². The predicted octanol–water partition coefficient (Wildman–Crippen LogP) is 0.912. The lowest BCUT2D eigenvalue weighted by Gasteiger charge is -2.35. The van der Waals surface area contributed by atoms with E-state index < -0.39 is 0 Å². The van der Waals surface area contributed by atoms with Gasteiger partial charge in [-0.25, -0.2) is 4.63 Å². The van der Waals surface area contributed by atoms with Crippen LogP contribution in [0.25, 0.3) is 0 Å². The monoisotopic (exact) mass is 224 g/mol. The summed E-state index contributed by atoms with van der Waals surface area (Å²) in [5.41, 5.74) is 5.63. The van der Waals surface area contributed by atoms with E-state index in [9.17, 15) is 4.79 Å². The Balaban J connectivity index is 2.14. The summed E-state index contributed by atoms with van der Waals surface area (Å²) in [7, 11) is 0. The third-order valence-corrected chi connectivity index (χ3v) is 3.12. The second-order valence-corrected chi connectivity index (χ2v) is 4.48. The predicted molar refractivity (Wildman–Crippen MR) is 57.6 cm³/mol. The number of amides is 1. The summed E-state index contributed by atoms with van der Waals surface area (Å²) >= 11 is 0. The average Bonchev–Trinajstić information content (AvgIpc) is 2.63.